The molecule has 0 aliphatic heterocycles. The van der Waals surface area contributed by atoms with Crippen LogP contribution in [0.15, 0.2) is 48.5 Å². The molecule has 0 aliphatic rings. The highest BCUT2D eigenvalue weighted by Gasteiger charge is 1.85. The quantitative estimate of drug-likeness (QED) is 0.559. The van der Waals surface area contributed by atoms with Crippen molar-refractivity contribution in [2.45, 2.75) is 55.4 Å². The molecule has 0 unspecified atom stereocenters. The van der Waals surface area contributed by atoms with E-state index in [2.05, 4.69) is 76.2 Å². The fourth-order valence-electron chi connectivity index (χ4n) is 1.13. The Morgan fingerprint density at radius 3 is 1.00 bits per heavy atom. The highest BCUT2D eigenvalue weighted by molar-refractivity contribution is 7.85. The van der Waals surface area contributed by atoms with E-state index in [4.69, 9.17) is 4.55 Å². The third-order valence-electron chi connectivity index (χ3n) is 1.66. The van der Waals surface area contributed by atoms with Gasteiger partial charge in [-0.3, -0.25) is 4.55 Å². The molecule has 1 N–H and O–H groups in total. The first-order valence-corrected chi connectivity index (χ1v) is 9.01. The molecular weight excluding hydrogens is 308 g/mol. The van der Waals surface area contributed by atoms with Crippen molar-refractivity contribution in [2.24, 2.45) is 0 Å². The van der Waals surface area contributed by atoms with Crippen molar-refractivity contribution >= 4 is 20.9 Å². The first-order chi connectivity index (χ1) is 9.79. The van der Waals surface area contributed by atoms with Crippen molar-refractivity contribution < 1.29 is 13.0 Å². The molecule has 2 aromatic carbocycles. The lowest BCUT2D eigenvalue weighted by atomic mass is 10.1. The summed E-state index contributed by atoms with van der Waals surface area (Å²) < 4.78 is 25.9. The number of hydrogen-bond donors (Lipinski definition) is 1. The van der Waals surface area contributed by atoms with Gasteiger partial charge in [-0.15, -0.1) is 0 Å². The van der Waals surface area contributed by atoms with Crippen LogP contribution in [-0.4, -0.2) is 19.2 Å². The maximum absolute atomic E-state index is 9.19. The molecule has 4 heteroatoms. The van der Waals surface area contributed by atoms with Gasteiger partial charge in [-0.25, -0.2) is 0 Å². The van der Waals surface area contributed by atoms with Crippen molar-refractivity contribution in [2.75, 3.05) is 6.26 Å². The summed E-state index contributed by atoms with van der Waals surface area (Å²) in [6.07, 6.45) is 3.22. The van der Waals surface area contributed by atoms with Crippen LogP contribution in [0.5, 0.6) is 0 Å². The normalized spacial score (nSPS) is 8.43. The van der Waals surface area contributed by atoms with Crippen molar-refractivity contribution in [3.8, 4) is 0 Å². The predicted molar refractivity (Wildman–Crippen MR) is 107 cm³/mol. The number of hydrogen-bond acceptors (Lipinski definition) is 2. The average Bonchev–Trinajstić information content (AvgIpc) is 2.39. The van der Waals surface area contributed by atoms with Crippen LogP contribution >= 0.6 is 0 Å². The molecular formula is C19H36O3S. The second kappa shape index (κ2) is 18.7. The monoisotopic (exact) mass is 344 g/mol. The van der Waals surface area contributed by atoms with Gasteiger partial charge < -0.3 is 0 Å². The summed E-state index contributed by atoms with van der Waals surface area (Å²) in [5, 5.41) is 2.62. The van der Waals surface area contributed by atoms with E-state index in [9.17, 15) is 8.42 Å². The summed E-state index contributed by atoms with van der Waals surface area (Å²) in [6.45, 7) is 8.50. The van der Waals surface area contributed by atoms with Gasteiger partial charge in [0, 0.05) is 0 Å². The second-order valence-corrected chi connectivity index (χ2v) is 5.96. The molecule has 3 nitrogen and oxygen atoms in total. The van der Waals surface area contributed by atoms with Crippen LogP contribution in [0.4, 0.5) is 0 Å². The molecule has 0 saturated carbocycles. The van der Waals surface area contributed by atoms with Crippen LogP contribution in [-0.2, 0) is 10.1 Å². The van der Waals surface area contributed by atoms with Crippen molar-refractivity contribution in [1.82, 2.24) is 0 Å². The molecule has 0 saturated heterocycles. The Kier molecular flexibility index (Phi) is 24.0. The molecule has 0 heterocycles. The molecule has 0 spiro atoms. The van der Waals surface area contributed by atoms with Gasteiger partial charge in [0.05, 0.1) is 6.26 Å². The summed E-state index contributed by atoms with van der Waals surface area (Å²) in [7, 11) is -3.67. The van der Waals surface area contributed by atoms with Crippen LogP contribution in [0.2, 0.25) is 0 Å². The molecule has 23 heavy (non-hydrogen) atoms. The number of fused-ring (bicyclic) bond motifs is 1. The molecule has 0 fully saturated rings. The van der Waals surface area contributed by atoms with Crippen LogP contribution in [0.3, 0.4) is 0 Å². The van der Waals surface area contributed by atoms with Crippen molar-refractivity contribution in [3.05, 3.63) is 48.5 Å². The molecule has 0 radical (unpaired) electrons. The molecule has 0 aromatic heterocycles. The Morgan fingerprint density at radius 2 is 0.870 bits per heavy atom. The van der Waals surface area contributed by atoms with E-state index in [1.807, 2.05) is 0 Å². The lowest BCUT2D eigenvalue weighted by Gasteiger charge is -1.92. The van der Waals surface area contributed by atoms with Crippen molar-refractivity contribution in [1.29, 1.82) is 0 Å². The van der Waals surface area contributed by atoms with Gasteiger partial charge >= 0.3 is 0 Å². The zero-order valence-electron chi connectivity index (χ0n) is 13.7. The molecule has 0 aliphatic carbocycles. The first kappa shape index (κ1) is 29.6. The van der Waals surface area contributed by atoms with E-state index in [0.717, 1.165) is 0 Å². The molecule has 2 aromatic rings. The van der Waals surface area contributed by atoms with Crippen LogP contribution in [0.1, 0.15) is 55.4 Å². The topological polar surface area (TPSA) is 54.4 Å². The highest BCUT2D eigenvalue weighted by atomic mass is 32.2. The Hall–Kier alpha value is -1.39. The van der Waals surface area contributed by atoms with E-state index in [1.165, 1.54) is 23.6 Å². The molecule has 2 rings (SSSR count). The van der Waals surface area contributed by atoms with Gasteiger partial charge in [-0.05, 0) is 10.8 Å². The van der Waals surface area contributed by atoms with Gasteiger partial charge in [-0.1, -0.05) is 104 Å². The Balaban J connectivity index is -0.000000120. The summed E-state index contributed by atoms with van der Waals surface area (Å²) >= 11 is 0. The second-order valence-electron chi connectivity index (χ2n) is 4.49. The predicted octanol–water partition coefficient (Wildman–Crippen LogP) is 6.45. The van der Waals surface area contributed by atoms with E-state index in [1.54, 1.807) is 0 Å². The SMILES string of the molecule is C.C.CCC.CCC.CS(=O)(=O)O.c1ccc2ccccc2c1. The number of rotatable bonds is 0. The average molecular weight is 345 g/mol. The lowest BCUT2D eigenvalue weighted by molar-refractivity contribution is 0.490. The minimum atomic E-state index is -3.67. The van der Waals surface area contributed by atoms with Gasteiger partial charge in [0.1, 0.15) is 0 Å². The Labute approximate surface area is 144 Å². The third kappa shape index (κ3) is 25.9. The van der Waals surface area contributed by atoms with Gasteiger partial charge in [0.25, 0.3) is 10.1 Å². The molecule has 0 bridgehead atoms. The highest BCUT2D eigenvalue weighted by Crippen LogP contribution is 2.11. The van der Waals surface area contributed by atoms with Crippen molar-refractivity contribution in [3.63, 3.8) is 0 Å². The standard InChI is InChI=1S/C10H8.2C3H8.CH4O3S.2CH4/c1-2-6-10-8-4-3-7-9(10)5-1;2*1-3-2;1-5(2,3)4;;/h1-8H;2*3H2,1-2H3;1H3,(H,2,3,4);2*1H4. The lowest BCUT2D eigenvalue weighted by Crippen LogP contribution is -1.88. The van der Waals surface area contributed by atoms with E-state index >= 15 is 0 Å². The van der Waals surface area contributed by atoms with E-state index in [0.29, 0.717) is 6.26 Å². The Morgan fingerprint density at radius 1 is 0.739 bits per heavy atom. The summed E-state index contributed by atoms with van der Waals surface area (Å²) in [5.74, 6) is 0. The Bertz CT molecular complexity index is 488. The summed E-state index contributed by atoms with van der Waals surface area (Å²) in [5.41, 5.74) is 0. The number of benzene rings is 2. The van der Waals surface area contributed by atoms with Gasteiger partial charge in [-0.2, -0.15) is 8.42 Å². The third-order valence-corrected chi connectivity index (χ3v) is 1.66. The summed E-state index contributed by atoms with van der Waals surface area (Å²) in [6, 6.07) is 16.7. The van der Waals surface area contributed by atoms with Crippen LogP contribution < -0.4 is 0 Å². The zero-order chi connectivity index (χ0) is 16.7. The summed E-state index contributed by atoms with van der Waals surface area (Å²) in [4.78, 5) is 0. The van der Waals surface area contributed by atoms with Gasteiger partial charge in [0.2, 0.25) is 0 Å². The minimum absolute atomic E-state index is 0. The largest absolute Gasteiger partial charge is 0.286 e. The first-order valence-electron chi connectivity index (χ1n) is 7.16. The fraction of sp³-hybridized carbons (Fsp3) is 0.474. The molecule has 136 valence electrons. The van der Waals surface area contributed by atoms with E-state index in [-0.39, 0.29) is 14.9 Å². The maximum Gasteiger partial charge on any atom is 0.261 e. The molecule has 0 amide bonds. The maximum atomic E-state index is 9.19. The minimum Gasteiger partial charge on any atom is -0.286 e. The van der Waals surface area contributed by atoms with Crippen LogP contribution in [0, 0.1) is 0 Å². The van der Waals surface area contributed by atoms with Gasteiger partial charge in [0.15, 0.2) is 0 Å². The molecule has 0 atom stereocenters. The smallest absolute Gasteiger partial charge is 0.261 e. The zero-order valence-corrected chi connectivity index (χ0v) is 14.5. The fourth-order valence-corrected chi connectivity index (χ4v) is 1.13. The van der Waals surface area contributed by atoms with E-state index < -0.39 is 10.1 Å². The van der Waals surface area contributed by atoms with Crippen LogP contribution in [0.25, 0.3) is 10.8 Å².